The molecule has 4 rings (SSSR count). The first-order valence-electron chi connectivity index (χ1n) is 10.9. The molecular formula is C24H28FN5O2. The predicted molar refractivity (Wildman–Crippen MR) is 119 cm³/mol. The van der Waals surface area contributed by atoms with Gasteiger partial charge in [0.05, 0.1) is 23.6 Å². The van der Waals surface area contributed by atoms with E-state index in [4.69, 9.17) is 9.97 Å². The smallest absolute Gasteiger partial charge is 0.132 e. The van der Waals surface area contributed by atoms with E-state index in [9.17, 15) is 14.6 Å². The zero-order valence-corrected chi connectivity index (χ0v) is 18.2. The number of anilines is 1. The topological polar surface area (TPSA) is 95.3 Å². The van der Waals surface area contributed by atoms with Gasteiger partial charge in [0.25, 0.3) is 0 Å². The van der Waals surface area contributed by atoms with Crippen molar-refractivity contribution >= 4 is 5.82 Å². The fourth-order valence-corrected chi connectivity index (χ4v) is 3.98. The quantitative estimate of drug-likeness (QED) is 0.587. The highest BCUT2D eigenvalue weighted by atomic mass is 19.1. The number of benzene rings is 1. The van der Waals surface area contributed by atoms with Crippen LogP contribution in [0.3, 0.4) is 0 Å². The van der Waals surface area contributed by atoms with Gasteiger partial charge in [0.1, 0.15) is 17.5 Å². The maximum atomic E-state index is 13.3. The summed E-state index contributed by atoms with van der Waals surface area (Å²) in [4.78, 5) is 20.2. The van der Waals surface area contributed by atoms with Gasteiger partial charge in [0.2, 0.25) is 0 Å². The van der Waals surface area contributed by atoms with Gasteiger partial charge in [-0.2, -0.15) is 0 Å². The van der Waals surface area contributed by atoms with Crippen LogP contribution in [0.4, 0.5) is 10.2 Å². The minimum Gasteiger partial charge on any atom is -0.393 e. The van der Waals surface area contributed by atoms with E-state index in [-0.39, 0.29) is 18.3 Å². The highest BCUT2D eigenvalue weighted by Crippen LogP contribution is 2.27. The van der Waals surface area contributed by atoms with Crippen molar-refractivity contribution in [1.82, 2.24) is 19.9 Å². The number of piperidine rings is 1. The summed E-state index contributed by atoms with van der Waals surface area (Å²) in [6.07, 6.45) is 7.14. The molecule has 32 heavy (non-hydrogen) atoms. The largest absolute Gasteiger partial charge is 0.393 e. The lowest BCUT2D eigenvalue weighted by molar-refractivity contribution is -0.0326. The summed E-state index contributed by atoms with van der Waals surface area (Å²) in [6.45, 7) is 3.05. The number of aromatic nitrogens is 4. The summed E-state index contributed by atoms with van der Waals surface area (Å²) >= 11 is 0. The Morgan fingerprint density at radius 2 is 1.84 bits per heavy atom. The SMILES string of the molecule is C[C@H](Cc1nc(Cc2cnccn2)cc(N2CCC(O)(CO)CC2)n1)c1ccc(F)cc1. The highest BCUT2D eigenvalue weighted by molar-refractivity contribution is 5.42. The molecule has 8 heteroatoms. The second-order valence-corrected chi connectivity index (χ2v) is 8.53. The lowest BCUT2D eigenvalue weighted by Crippen LogP contribution is -2.47. The van der Waals surface area contributed by atoms with E-state index in [0.717, 1.165) is 22.8 Å². The Balaban J connectivity index is 1.59. The first-order valence-corrected chi connectivity index (χ1v) is 10.9. The summed E-state index contributed by atoms with van der Waals surface area (Å²) in [6, 6.07) is 8.50. The van der Waals surface area contributed by atoms with Gasteiger partial charge in [-0.25, -0.2) is 14.4 Å². The first-order chi connectivity index (χ1) is 15.4. The van der Waals surface area contributed by atoms with Gasteiger partial charge in [-0.05, 0) is 36.5 Å². The zero-order chi connectivity index (χ0) is 22.6. The van der Waals surface area contributed by atoms with Crippen molar-refractivity contribution in [2.24, 2.45) is 0 Å². The molecule has 1 aliphatic heterocycles. The molecule has 3 aromatic rings. The van der Waals surface area contributed by atoms with Crippen molar-refractivity contribution in [2.75, 3.05) is 24.6 Å². The van der Waals surface area contributed by atoms with Crippen LogP contribution < -0.4 is 4.90 Å². The molecule has 1 aliphatic rings. The molecule has 1 saturated heterocycles. The molecule has 1 aromatic carbocycles. The van der Waals surface area contributed by atoms with E-state index in [2.05, 4.69) is 21.8 Å². The van der Waals surface area contributed by atoms with E-state index in [0.29, 0.717) is 44.6 Å². The maximum absolute atomic E-state index is 13.3. The van der Waals surface area contributed by atoms with Crippen LogP contribution in [0.2, 0.25) is 0 Å². The Morgan fingerprint density at radius 3 is 2.50 bits per heavy atom. The third-order valence-corrected chi connectivity index (χ3v) is 6.03. The molecule has 0 spiro atoms. The minimum absolute atomic E-state index is 0.121. The molecule has 3 heterocycles. The van der Waals surface area contributed by atoms with E-state index in [1.54, 1.807) is 30.7 Å². The number of aliphatic hydroxyl groups excluding tert-OH is 1. The van der Waals surface area contributed by atoms with Crippen molar-refractivity contribution in [1.29, 1.82) is 0 Å². The molecule has 0 radical (unpaired) electrons. The molecule has 2 aromatic heterocycles. The molecule has 0 aliphatic carbocycles. The minimum atomic E-state index is -1.02. The lowest BCUT2D eigenvalue weighted by atomic mass is 9.92. The van der Waals surface area contributed by atoms with Gasteiger partial charge < -0.3 is 15.1 Å². The molecule has 168 valence electrons. The second-order valence-electron chi connectivity index (χ2n) is 8.53. The molecule has 0 amide bonds. The van der Waals surface area contributed by atoms with Crippen molar-refractivity contribution in [3.63, 3.8) is 0 Å². The number of rotatable bonds is 7. The van der Waals surface area contributed by atoms with Crippen LogP contribution in [-0.2, 0) is 12.8 Å². The van der Waals surface area contributed by atoms with Gasteiger partial charge in [-0.15, -0.1) is 0 Å². The van der Waals surface area contributed by atoms with Gasteiger partial charge in [0, 0.05) is 50.6 Å². The van der Waals surface area contributed by atoms with Crippen LogP contribution in [0.25, 0.3) is 0 Å². The van der Waals surface area contributed by atoms with E-state index in [1.807, 2.05) is 6.07 Å². The highest BCUT2D eigenvalue weighted by Gasteiger charge is 2.32. The number of aliphatic hydroxyl groups is 2. The molecule has 0 saturated carbocycles. The fourth-order valence-electron chi connectivity index (χ4n) is 3.98. The normalized spacial score (nSPS) is 16.7. The number of halogens is 1. The third-order valence-electron chi connectivity index (χ3n) is 6.03. The summed E-state index contributed by atoms with van der Waals surface area (Å²) in [5, 5.41) is 19.8. The van der Waals surface area contributed by atoms with Crippen molar-refractivity contribution < 1.29 is 14.6 Å². The molecule has 0 unspecified atom stereocenters. The molecule has 2 N–H and O–H groups in total. The number of nitrogens with zero attached hydrogens (tertiary/aromatic N) is 5. The summed E-state index contributed by atoms with van der Waals surface area (Å²) in [7, 11) is 0. The van der Waals surface area contributed by atoms with Crippen LogP contribution in [0.15, 0.2) is 48.9 Å². The van der Waals surface area contributed by atoms with Crippen molar-refractivity contribution in [2.45, 2.75) is 44.1 Å². The Bertz CT molecular complexity index is 1020. The zero-order valence-electron chi connectivity index (χ0n) is 18.2. The lowest BCUT2D eigenvalue weighted by Gasteiger charge is -2.37. The van der Waals surface area contributed by atoms with Crippen LogP contribution in [-0.4, -0.2) is 55.4 Å². The Morgan fingerprint density at radius 1 is 1.09 bits per heavy atom. The van der Waals surface area contributed by atoms with Crippen LogP contribution in [0, 0.1) is 5.82 Å². The summed E-state index contributed by atoms with van der Waals surface area (Å²) < 4.78 is 13.3. The third kappa shape index (κ3) is 5.44. The first kappa shape index (κ1) is 22.2. The standard InChI is InChI=1S/C24H28FN5O2/c1-17(18-2-4-19(25)5-3-18)12-22-28-20(13-21-15-26-8-9-27-21)14-23(29-22)30-10-6-24(32,16-31)7-11-30/h2-5,8-9,14-15,17,31-32H,6-7,10-13,16H2,1H3/t17-/m1/s1. The second kappa shape index (κ2) is 9.67. The summed E-state index contributed by atoms with van der Waals surface area (Å²) in [5.74, 6) is 1.39. The Labute approximate surface area is 187 Å². The van der Waals surface area contributed by atoms with Gasteiger partial charge in [-0.1, -0.05) is 19.1 Å². The Hall–Kier alpha value is -2.97. The van der Waals surface area contributed by atoms with E-state index < -0.39 is 5.60 Å². The maximum Gasteiger partial charge on any atom is 0.132 e. The van der Waals surface area contributed by atoms with Gasteiger partial charge in [0.15, 0.2) is 0 Å². The molecule has 7 nitrogen and oxygen atoms in total. The van der Waals surface area contributed by atoms with Gasteiger partial charge >= 0.3 is 0 Å². The number of hydrogen-bond donors (Lipinski definition) is 2. The molecular weight excluding hydrogens is 409 g/mol. The average molecular weight is 438 g/mol. The predicted octanol–water partition coefficient (Wildman–Crippen LogP) is 2.67. The van der Waals surface area contributed by atoms with E-state index >= 15 is 0 Å². The molecule has 0 bridgehead atoms. The number of hydrogen-bond acceptors (Lipinski definition) is 7. The van der Waals surface area contributed by atoms with Crippen molar-refractivity contribution in [3.05, 3.63) is 77.5 Å². The fraction of sp³-hybridized carbons (Fsp3) is 0.417. The van der Waals surface area contributed by atoms with E-state index in [1.165, 1.54) is 12.1 Å². The van der Waals surface area contributed by atoms with Crippen molar-refractivity contribution in [3.8, 4) is 0 Å². The monoisotopic (exact) mass is 437 g/mol. The average Bonchev–Trinajstić information content (AvgIpc) is 2.80. The van der Waals surface area contributed by atoms with Crippen LogP contribution >= 0.6 is 0 Å². The Kier molecular flexibility index (Phi) is 6.72. The van der Waals surface area contributed by atoms with Gasteiger partial charge in [-0.3, -0.25) is 9.97 Å². The molecule has 1 fully saturated rings. The van der Waals surface area contributed by atoms with Crippen LogP contribution in [0.5, 0.6) is 0 Å². The van der Waals surface area contributed by atoms with Crippen LogP contribution in [0.1, 0.15) is 48.5 Å². The summed E-state index contributed by atoms with van der Waals surface area (Å²) in [5.41, 5.74) is 1.68. The molecule has 1 atom stereocenters.